The molecule has 1 unspecified atom stereocenters. The van der Waals surface area contributed by atoms with Gasteiger partial charge in [0, 0.05) is 12.2 Å². The molecular formula is C17H30N4O3. The number of ether oxygens (including phenoxy) is 1. The zero-order valence-electron chi connectivity index (χ0n) is 14.8. The molecule has 2 aliphatic rings. The van der Waals surface area contributed by atoms with Gasteiger partial charge < -0.3 is 20.8 Å². The minimum Gasteiger partial charge on any atom is -0.467 e. The van der Waals surface area contributed by atoms with Crippen LogP contribution in [0.3, 0.4) is 0 Å². The van der Waals surface area contributed by atoms with Gasteiger partial charge in [-0.05, 0) is 56.8 Å². The number of hydrazine groups is 1. The molecule has 0 aromatic carbocycles. The molecule has 2 atom stereocenters. The van der Waals surface area contributed by atoms with Gasteiger partial charge in [0.2, 0.25) is 0 Å². The van der Waals surface area contributed by atoms with Crippen molar-refractivity contribution in [1.29, 1.82) is 0 Å². The van der Waals surface area contributed by atoms with Crippen LogP contribution in [0.15, 0.2) is 11.9 Å². The summed E-state index contributed by atoms with van der Waals surface area (Å²) >= 11 is 0. The maximum atomic E-state index is 12.7. The quantitative estimate of drug-likeness (QED) is 0.249. The van der Waals surface area contributed by atoms with E-state index in [0.29, 0.717) is 11.8 Å². The monoisotopic (exact) mass is 338 g/mol. The van der Waals surface area contributed by atoms with Gasteiger partial charge in [0.05, 0.1) is 7.11 Å². The summed E-state index contributed by atoms with van der Waals surface area (Å²) in [4.78, 5) is 25.0. The van der Waals surface area contributed by atoms with Crippen LogP contribution in [0.25, 0.3) is 0 Å². The van der Waals surface area contributed by atoms with Crippen LogP contribution < -0.4 is 16.9 Å². The molecule has 0 spiro atoms. The molecule has 5 N–H and O–H groups in total. The van der Waals surface area contributed by atoms with Gasteiger partial charge in [0.1, 0.15) is 11.7 Å². The molecule has 2 aliphatic carbocycles. The molecular weight excluding hydrogens is 308 g/mol. The number of nitrogens with one attached hydrogen (secondary N) is 1. The largest absolute Gasteiger partial charge is 0.467 e. The van der Waals surface area contributed by atoms with E-state index in [1.807, 2.05) is 13.8 Å². The molecule has 7 nitrogen and oxygen atoms in total. The van der Waals surface area contributed by atoms with E-state index >= 15 is 0 Å². The third kappa shape index (κ3) is 4.20. The number of nitrogens with zero attached hydrogens (tertiary/aromatic N) is 1. The zero-order valence-corrected chi connectivity index (χ0v) is 14.8. The first kappa shape index (κ1) is 18.6. The summed E-state index contributed by atoms with van der Waals surface area (Å²) in [5.41, 5.74) is 5.78. The van der Waals surface area contributed by atoms with Gasteiger partial charge in [-0.1, -0.05) is 6.92 Å². The van der Waals surface area contributed by atoms with E-state index < -0.39 is 17.9 Å². The highest BCUT2D eigenvalue weighted by Crippen LogP contribution is 2.50. The number of nitrogens with two attached hydrogens (primary N) is 2. The number of esters is 1. The minimum absolute atomic E-state index is 0.0372. The van der Waals surface area contributed by atoms with Crippen molar-refractivity contribution in [2.24, 2.45) is 29.3 Å². The fourth-order valence-corrected chi connectivity index (χ4v) is 3.26. The topological polar surface area (TPSA) is 111 Å². The van der Waals surface area contributed by atoms with Crippen LogP contribution in [0.4, 0.5) is 0 Å². The maximum absolute atomic E-state index is 12.7. The molecule has 0 aromatic rings. The van der Waals surface area contributed by atoms with Crippen LogP contribution in [0.1, 0.15) is 46.0 Å². The fourth-order valence-electron chi connectivity index (χ4n) is 3.26. The molecule has 2 rings (SSSR count). The zero-order chi connectivity index (χ0) is 17.9. The summed E-state index contributed by atoms with van der Waals surface area (Å²) in [5, 5.41) is 4.19. The van der Waals surface area contributed by atoms with E-state index in [-0.39, 0.29) is 17.7 Å². The molecule has 7 heteroatoms. The molecule has 0 bridgehead atoms. The molecule has 0 saturated heterocycles. The van der Waals surface area contributed by atoms with Gasteiger partial charge in [-0.3, -0.25) is 4.79 Å². The number of methoxy groups -OCH3 is 1. The van der Waals surface area contributed by atoms with Crippen molar-refractivity contribution in [1.82, 2.24) is 10.3 Å². The molecule has 0 radical (unpaired) electrons. The highest BCUT2D eigenvalue weighted by molar-refractivity contribution is 5.95. The van der Waals surface area contributed by atoms with Gasteiger partial charge in [-0.2, -0.15) is 0 Å². The summed E-state index contributed by atoms with van der Waals surface area (Å²) < 4.78 is 4.94. The second kappa shape index (κ2) is 7.88. The Bertz CT molecular complexity index is 488. The van der Waals surface area contributed by atoms with Crippen molar-refractivity contribution >= 4 is 11.9 Å². The Labute approximate surface area is 143 Å². The van der Waals surface area contributed by atoms with Gasteiger partial charge >= 0.3 is 5.97 Å². The van der Waals surface area contributed by atoms with Crippen molar-refractivity contribution in [2.75, 3.05) is 7.11 Å². The predicted octanol–water partition coefficient (Wildman–Crippen LogP) is 0.855. The predicted molar refractivity (Wildman–Crippen MR) is 90.9 cm³/mol. The number of hydrogen-bond acceptors (Lipinski definition) is 6. The standard InChI is InChI=1S/C17H30N4O3/c1-4-10(2)21(19)13(9-18)16(22)20-15(17(23)24-3)14(11-5-6-11)12-7-8-12/h9-12,14-15H,4-8,18-19H2,1-3H3,(H,20,22)/b13-9-/t10?,15-/m0/s1. The number of rotatable bonds is 9. The van der Waals surface area contributed by atoms with Gasteiger partial charge in [-0.25, -0.2) is 10.6 Å². The highest BCUT2D eigenvalue weighted by Gasteiger charge is 2.49. The van der Waals surface area contributed by atoms with Gasteiger partial charge in [0.25, 0.3) is 5.91 Å². The van der Waals surface area contributed by atoms with Crippen LogP contribution in [-0.4, -0.2) is 36.1 Å². The third-order valence-electron chi connectivity index (χ3n) is 5.19. The van der Waals surface area contributed by atoms with E-state index in [0.717, 1.165) is 32.1 Å². The first-order valence-corrected chi connectivity index (χ1v) is 8.79. The van der Waals surface area contributed by atoms with Crippen molar-refractivity contribution in [3.8, 4) is 0 Å². The Morgan fingerprint density at radius 1 is 1.29 bits per heavy atom. The average molecular weight is 338 g/mol. The van der Waals surface area contributed by atoms with Crippen LogP contribution in [0.5, 0.6) is 0 Å². The second-order valence-electron chi connectivity index (χ2n) is 6.94. The summed E-state index contributed by atoms with van der Waals surface area (Å²) in [6.45, 7) is 3.88. The molecule has 0 heterocycles. The lowest BCUT2D eigenvalue weighted by atomic mass is 9.89. The first-order valence-electron chi connectivity index (χ1n) is 8.79. The lowest BCUT2D eigenvalue weighted by Crippen LogP contribution is -2.52. The molecule has 2 fully saturated rings. The van der Waals surface area contributed by atoms with Crippen LogP contribution in [0, 0.1) is 17.8 Å². The van der Waals surface area contributed by atoms with Crippen LogP contribution >= 0.6 is 0 Å². The maximum Gasteiger partial charge on any atom is 0.328 e. The number of hydrogen-bond donors (Lipinski definition) is 3. The molecule has 2 saturated carbocycles. The smallest absolute Gasteiger partial charge is 0.328 e. The van der Waals surface area contributed by atoms with E-state index in [9.17, 15) is 9.59 Å². The minimum atomic E-state index is -0.636. The lowest BCUT2D eigenvalue weighted by Gasteiger charge is -2.30. The van der Waals surface area contributed by atoms with Gasteiger partial charge in [-0.15, -0.1) is 0 Å². The number of carbonyl (C=O) groups excluding carboxylic acids is 2. The van der Waals surface area contributed by atoms with Crippen LogP contribution in [0.2, 0.25) is 0 Å². The van der Waals surface area contributed by atoms with E-state index in [1.165, 1.54) is 18.3 Å². The summed E-state index contributed by atoms with van der Waals surface area (Å²) in [5.74, 6) is 6.32. The Kier molecular flexibility index (Phi) is 6.10. The summed E-state index contributed by atoms with van der Waals surface area (Å²) in [6, 6.07) is -0.674. The molecule has 24 heavy (non-hydrogen) atoms. The van der Waals surface area contributed by atoms with E-state index in [4.69, 9.17) is 16.3 Å². The van der Waals surface area contributed by atoms with Crippen molar-refractivity contribution in [3.63, 3.8) is 0 Å². The number of amides is 1. The molecule has 1 amide bonds. The fraction of sp³-hybridized carbons (Fsp3) is 0.765. The molecule has 0 aliphatic heterocycles. The molecule has 0 aromatic heterocycles. The Balaban J connectivity index is 2.13. The Hall–Kier alpha value is -1.76. The third-order valence-corrected chi connectivity index (χ3v) is 5.19. The Morgan fingerprint density at radius 2 is 1.83 bits per heavy atom. The van der Waals surface area contributed by atoms with Crippen molar-refractivity contribution in [3.05, 3.63) is 11.9 Å². The number of carbonyl (C=O) groups is 2. The second-order valence-corrected chi connectivity index (χ2v) is 6.94. The average Bonchev–Trinajstić information content (AvgIpc) is 3.46. The summed E-state index contributed by atoms with van der Waals surface area (Å²) in [7, 11) is 1.35. The van der Waals surface area contributed by atoms with Crippen molar-refractivity contribution in [2.45, 2.75) is 58.0 Å². The Morgan fingerprint density at radius 3 is 2.21 bits per heavy atom. The SMILES string of the molecule is CCC(C)N(N)/C(=C\N)C(=O)N[C@H](C(=O)OC)C(C1CC1)C1CC1. The van der Waals surface area contributed by atoms with Gasteiger partial charge in [0.15, 0.2) is 0 Å². The lowest BCUT2D eigenvalue weighted by molar-refractivity contribution is -0.147. The van der Waals surface area contributed by atoms with Crippen LogP contribution in [-0.2, 0) is 14.3 Å². The summed E-state index contributed by atoms with van der Waals surface area (Å²) in [6.07, 6.45) is 6.41. The van der Waals surface area contributed by atoms with Crippen molar-refractivity contribution < 1.29 is 14.3 Å². The van der Waals surface area contributed by atoms with E-state index in [2.05, 4.69) is 5.32 Å². The van der Waals surface area contributed by atoms with E-state index in [1.54, 1.807) is 0 Å². The highest BCUT2D eigenvalue weighted by atomic mass is 16.5. The molecule has 136 valence electrons. The first-order chi connectivity index (χ1) is 11.4. The normalized spacial score (nSPS) is 20.5.